The predicted octanol–water partition coefficient (Wildman–Crippen LogP) is 0.997. The summed E-state index contributed by atoms with van der Waals surface area (Å²) in [5.74, 6) is 0.522. The van der Waals surface area contributed by atoms with Gasteiger partial charge in [0.2, 0.25) is 0 Å². The van der Waals surface area contributed by atoms with E-state index in [1.165, 1.54) is 0 Å². The van der Waals surface area contributed by atoms with Crippen LogP contribution in [0.5, 0.6) is 0 Å². The van der Waals surface area contributed by atoms with Crippen LogP contribution < -0.4 is 5.73 Å². The Morgan fingerprint density at radius 3 is 2.92 bits per heavy atom. The molecule has 0 aliphatic heterocycles. The molecule has 2 aromatic rings. The zero-order chi connectivity index (χ0) is 8.55. The summed E-state index contributed by atoms with van der Waals surface area (Å²) in [5, 5.41) is 6.69. The number of nitrogen functional groups attached to an aromatic ring is 1. The van der Waals surface area contributed by atoms with Crippen LogP contribution in [-0.2, 0) is 7.05 Å². The van der Waals surface area contributed by atoms with Gasteiger partial charge in [-0.05, 0) is 6.07 Å². The van der Waals surface area contributed by atoms with E-state index in [4.69, 9.17) is 5.73 Å². The minimum atomic E-state index is 0.522. The van der Waals surface area contributed by atoms with Crippen molar-refractivity contribution in [1.29, 1.82) is 0 Å². The molecule has 0 amide bonds. The van der Waals surface area contributed by atoms with Gasteiger partial charge in [0.05, 0.1) is 5.69 Å². The first-order chi connectivity index (χ1) is 5.75. The van der Waals surface area contributed by atoms with E-state index in [2.05, 4.69) is 10.2 Å². The molecule has 0 radical (unpaired) electrons. The van der Waals surface area contributed by atoms with E-state index in [0.29, 0.717) is 5.82 Å². The van der Waals surface area contributed by atoms with E-state index in [0.717, 1.165) is 11.3 Å². The molecule has 2 aromatic heterocycles. The fraction of sp³-hybridized carbons (Fsp3) is 0.125. The Hall–Kier alpha value is -1.71. The van der Waals surface area contributed by atoms with Crippen LogP contribution in [-0.4, -0.2) is 14.8 Å². The third kappa shape index (κ3) is 1.07. The number of nitrogens with one attached hydrogen (secondary N) is 1. The van der Waals surface area contributed by atoms with Gasteiger partial charge in [-0.25, -0.2) is 0 Å². The minimum Gasteiger partial charge on any atom is -0.382 e. The van der Waals surface area contributed by atoms with Gasteiger partial charge in [0, 0.05) is 31.1 Å². The number of anilines is 1. The molecule has 3 N–H and O–H groups in total. The molecule has 0 spiro atoms. The summed E-state index contributed by atoms with van der Waals surface area (Å²) >= 11 is 0. The predicted molar refractivity (Wildman–Crippen MR) is 47.4 cm³/mol. The maximum absolute atomic E-state index is 5.47. The zero-order valence-electron chi connectivity index (χ0n) is 6.78. The molecule has 0 atom stereocenters. The van der Waals surface area contributed by atoms with E-state index in [1.807, 2.05) is 36.1 Å². The molecule has 0 aliphatic carbocycles. The molecule has 2 rings (SSSR count). The lowest BCUT2D eigenvalue weighted by Crippen LogP contribution is -1.81. The Labute approximate surface area is 70.0 Å². The molecular weight excluding hydrogens is 152 g/mol. The van der Waals surface area contributed by atoms with Gasteiger partial charge in [-0.15, -0.1) is 0 Å². The lowest BCUT2D eigenvalue weighted by molar-refractivity contribution is 0.928. The summed E-state index contributed by atoms with van der Waals surface area (Å²) < 4.78 is 1.98. The Morgan fingerprint density at radius 2 is 2.42 bits per heavy atom. The maximum Gasteiger partial charge on any atom is 0.145 e. The molecule has 0 saturated carbocycles. The minimum absolute atomic E-state index is 0.522. The molecular formula is C8H10N4. The fourth-order valence-electron chi connectivity index (χ4n) is 1.15. The Balaban J connectivity index is 2.43. The number of hydrogen-bond donors (Lipinski definition) is 2. The number of hydrogen-bond acceptors (Lipinski definition) is 2. The van der Waals surface area contributed by atoms with E-state index in [9.17, 15) is 0 Å². The average Bonchev–Trinajstić information content (AvgIpc) is 2.58. The number of aromatic nitrogens is 3. The smallest absolute Gasteiger partial charge is 0.145 e. The number of aromatic amines is 1. The summed E-state index contributed by atoms with van der Waals surface area (Å²) in [4.78, 5) is 0. The summed E-state index contributed by atoms with van der Waals surface area (Å²) in [7, 11) is 1.98. The van der Waals surface area contributed by atoms with E-state index in [-0.39, 0.29) is 0 Å². The molecule has 4 heteroatoms. The highest BCUT2D eigenvalue weighted by Gasteiger charge is 2.01. The van der Waals surface area contributed by atoms with Gasteiger partial charge in [0.1, 0.15) is 5.82 Å². The topological polar surface area (TPSA) is 59.6 Å². The summed E-state index contributed by atoms with van der Waals surface area (Å²) in [6, 6.07) is 3.82. The SMILES string of the molecule is Cn1ccc(-c2cc(N)n[nH]2)c1. The number of nitrogens with zero attached hydrogens (tertiary/aromatic N) is 2. The first kappa shape index (κ1) is 6.97. The lowest BCUT2D eigenvalue weighted by atomic mass is 10.2. The molecule has 2 heterocycles. The number of aryl methyl sites for hydroxylation is 1. The molecule has 4 nitrogen and oxygen atoms in total. The van der Waals surface area contributed by atoms with Gasteiger partial charge in [-0.3, -0.25) is 5.10 Å². The molecule has 0 saturated heterocycles. The highest BCUT2D eigenvalue weighted by atomic mass is 15.2. The number of H-pyrrole nitrogens is 1. The van der Waals surface area contributed by atoms with Crippen LogP contribution in [0, 0.1) is 0 Å². The van der Waals surface area contributed by atoms with Crippen molar-refractivity contribution >= 4 is 5.82 Å². The van der Waals surface area contributed by atoms with Crippen molar-refractivity contribution in [2.45, 2.75) is 0 Å². The van der Waals surface area contributed by atoms with Crippen LogP contribution in [0.1, 0.15) is 0 Å². The van der Waals surface area contributed by atoms with Gasteiger partial charge in [-0.1, -0.05) is 0 Å². The van der Waals surface area contributed by atoms with Crippen molar-refractivity contribution in [3.8, 4) is 11.3 Å². The van der Waals surface area contributed by atoms with E-state index in [1.54, 1.807) is 0 Å². The van der Waals surface area contributed by atoms with Crippen molar-refractivity contribution in [1.82, 2.24) is 14.8 Å². The quantitative estimate of drug-likeness (QED) is 0.657. The maximum atomic E-state index is 5.47. The van der Waals surface area contributed by atoms with Crippen LogP contribution in [0.4, 0.5) is 5.82 Å². The molecule has 12 heavy (non-hydrogen) atoms. The highest BCUT2D eigenvalue weighted by Crippen LogP contribution is 2.17. The van der Waals surface area contributed by atoms with Crippen molar-refractivity contribution in [2.24, 2.45) is 7.05 Å². The normalized spacial score (nSPS) is 10.4. The summed E-state index contributed by atoms with van der Waals surface area (Å²) in [6.45, 7) is 0. The average molecular weight is 162 g/mol. The van der Waals surface area contributed by atoms with Crippen LogP contribution >= 0.6 is 0 Å². The van der Waals surface area contributed by atoms with Crippen LogP contribution in [0.2, 0.25) is 0 Å². The standard InChI is InChI=1S/C8H10N4/c1-12-3-2-6(5-12)7-4-8(9)11-10-7/h2-5H,1H3,(H3,9,10,11). The Morgan fingerprint density at radius 1 is 1.58 bits per heavy atom. The van der Waals surface area contributed by atoms with Crippen molar-refractivity contribution in [3.05, 3.63) is 24.5 Å². The Kier molecular flexibility index (Phi) is 1.40. The second kappa shape index (κ2) is 2.41. The first-order valence-corrected chi connectivity index (χ1v) is 3.69. The van der Waals surface area contributed by atoms with Crippen molar-refractivity contribution < 1.29 is 0 Å². The lowest BCUT2D eigenvalue weighted by Gasteiger charge is -1.88. The van der Waals surface area contributed by atoms with Crippen LogP contribution in [0.15, 0.2) is 24.5 Å². The number of nitrogens with two attached hydrogens (primary N) is 1. The number of rotatable bonds is 1. The van der Waals surface area contributed by atoms with Crippen LogP contribution in [0.25, 0.3) is 11.3 Å². The summed E-state index contributed by atoms with van der Waals surface area (Å²) in [6.07, 6.45) is 3.99. The van der Waals surface area contributed by atoms with Crippen LogP contribution in [0.3, 0.4) is 0 Å². The molecule has 0 bridgehead atoms. The molecule has 0 fully saturated rings. The van der Waals surface area contributed by atoms with E-state index >= 15 is 0 Å². The van der Waals surface area contributed by atoms with Gasteiger partial charge in [-0.2, -0.15) is 5.10 Å². The fourth-order valence-corrected chi connectivity index (χ4v) is 1.15. The first-order valence-electron chi connectivity index (χ1n) is 3.69. The van der Waals surface area contributed by atoms with Gasteiger partial charge < -0.3 is 10.3 Å². The largest absolute Gasteiger partial charge is 0.382 e. The summed E-state index contributed by atoms with van der Waals surface area (Å²) in [5.41, 5.74) is 7.52. The monoisotopic (exact) mass is 162 g/mol. The van der Waals surface area contributed by atoms with Crippen molar-refractivity contribution in [3.63, 3.8) is 0 Å². The highest BCUT2D eigenvalue weighted by molar-refractivity contribution is 5.61. The molecule has 0 aromatic carbocycles. The molecule has 62 valence electrons. The third-order valence-corrected chi connectivity index (χ3v) is 1.74. The molecule has 0 unspecified atom stereocenters. The van der Waals surface area contributed by atoms with Gasteiger partial charge >= 0.3 is 0 Å². The molecule has 0 aliphatic rings. The Bertz CT molecular complexity index is 347. The third-order valence-electron chi connectivity index (χ3n) is 1.74. The zero-order valence-corrected chi connectivity index (χ0v) is 6.78. The second-order valence-electron chi connectivity index (χ2n) is 2.77. The van der Waals surface area contributed by atoms with E-state index < -0.39 is 0 Å². The second-order valence-corrected chi connectivity index (χ2v) is 2.77. The van der Waals surface area contributed by atoms with Gasteiger partial charge in [0.15, 0.2) is 0 Å². The van der Waals surface area contributed by atoms with Crippen molar-refractivity contribution in [2.75, 3.05) is 5.73 Å². The van der Waals surface area contributed by atoms with Gasteiger partial charge in [0.25, 0.3) is 0 Å².